The smallest absolute Gasteiger partial charge is 0.105 e. The van der Waals surface area contributed by atoms with Gasteiger partial charge in [0.2, 0.25) is 0 Å². The first-order valence-electron chi connectivity index (χ1n) is 7.56. The molecule has 0 aromatic rings. The number of likely N-dealkylation sites (N-methyl/N-ethyl adjacent to an activating group) is 2. The summed E-state index contributed by atoms with van der Waals surface area (Å²) in [5.41, 5.74) is -0.383. The van der Waals surface area contributed by atoms with Crippen molar-refractivity contribution in [3.8, 4) is 6.07 Å². The van der Waals surface area contributed by atoms with Gasteiger partial charge in [-0.15, -0.1) is 0 Å². The normalized spacial score (nSPS) is 23.5. The fraction of sp³-hybridized carbons (Fsp3) is 0.933. The molecule has 1 saturated heterocycles. The van der Waals surface area contributed by atoms with Gasteiger partial charge in [-0.2, -0.15) is 5.26 Å². The molecule has 0 aromatic heterocycles. The fourth-order valence-corrected chi connectivity index (χ4v) is 2.66. The molecule has 2 atom stereocenters. The van der Waals surface area contributed by atoms with Crippen LogP contribution >= 0.6 is 0 Å². The third-order valence-electron chi connectivity index (χ3n) is 4.20. The van der Waals surface area contributed by atoms with Crippen molar-refractivity contribution in [2.24, 2.45) is 0 Å². The first-order valence-corrected chi connectivity index (χ1v) is 7.56. The Labute approximate surface area is 118 Å². The highest BCUT2D eigenvalue weighted by molar-refractivity contribution is 5.03. The minimum absolute atomic E-state index is 0.383. The molecule has 1 rings (SSSR count). The molecule has 0 radical (unpaired) electrons. The molecule has 0 aromatic carbocycles. The Morgan fingerprint density at radius 1 is 1.53 bits per heavy atom. The van der Waals surface area contributed by atoms with E-state index in [2.05, 4.69) is 42.2 Å². The van der Waals surface area contributed by atoms with Crippen LogP contribution < -0.4 is 5.32 Å². The molecule has 0 amide bonds. The summed E-state index contributed by atoms with van der Waals surface area (Å²) in [5.74, 6) is 0. The SMILES string of the molecule is CCCNC(C)(C#N)CCN(C)CC1CCCN1C. The number of hydrogen-bond acceptors (Lipinski definition) is 4. The largest absolute Gasteiger partial charge is 0.305 e. The standard InChI is InChI=1S/C15H30N4/c1-5-9-17-15(2,13-16)8-11-18(3)12-14-7-6-10-19(14)4/h14,17H,5-12H2,1-4H3. The number of likely N-dealkylation sites (tertiary alicyclic amines) is 1. The predicted octanol–water partition coefficient (Wildman–Crippen LogP) is 1.68. The molecule has 1 aliphatic rings. The van der Waals surface area contributed by atoms with Gasteiger partial charge in [0, 0.05) is 19.1 Å². The maximum Gasteiger partial charge on any atom is 0.105 e. The van der Waals surface area contributed by atoms with Crippen molar-refractivity contribution in [2.75, 3.05) is 40.3 Å². The van der Waals surface area contributed by atoms with E-state index in [-0.39, 0.29) is 5.54 Å². The minimum Gasteiger partial charge on any atom is -0.305 e. The van der Waals surface area contributed by atoms with E-state index in [9.17, 15) is 5.26 Å². The van der Waals surface area contributed by atoms with Crippen molar-refractivity contribution >= 4 is 0 Å². The van der Waals surface area contributed by atoms with E-state index in [1.165, 1.54) is 19.4 Å². The van der Waals surface area contributed by atoms with E-state index in [4.69, 9.17) is 0 Å². The number of nitrogens with zero attached hydrogens (tertiary/aromatic N) is 3. The molecule has 0 bridgehead atoms. The molecular formula is C15H30N4. The van der Waals surface area contributed by atoms with Crippen LogP contribution in [0.1, 0.15) is 39.5 Å². The molecule has 19 heavy (non-hydrogen) atoms. The van der Waals surface area contributed by atoms with Gasteiger partial charge < -0.3 is 9.80 Å². The summed E-state index contributed by atoms with van der Waals surface area (Å²) in [6.45, 7) is 8.38. The summed E-state index contributed by atoms with van der Waals surface area (Å²) in [5, 5.41) is 12.7. The topological polar surface area (TPSA) is 42.3 Å². The molecular weight excluding hydrogens is 236 g/mol. The Hall–Kier alpha value is -0.630. The Balaban J connectivity index is 2.31. The second kappa shape index (κ2) is 7.84. The third kappa shape index (κ3) is 5.48. The molecule has 2 unspecified atom stereocenters. The zero-order chi connectivity index (χ0) is 14.3. The van der Waals surface area contributed by atoms with Gasteiger partial charge in [0.1, 0.15) is 5.54 Å². The summed E-state index contributed by atoms with van der Waals surface area (Å²) < 4.78 is 0. The van der Waals surface area contributed by atoms with Crippen LogP contribution in [0.4, 0.5) is 0 Å². The van der Waals surface area contributed by atoms with Crippen LogP contribution in [-0.4, -0.2) is 61.7 Å². The van der Waals surface area contributed by atoms with Gasteiger partial charge in [-0.1, -0.05) is 6.92 Å². The van der Waals surface area contributed by atoms with E-state index in [1.807, 2.05) is 6.92 Å². The van der Waals surface area contributed by atoms with Crippen molar-refractivity contribution in [1.82, 2.24) is 15.1 Å². The van der Waals surface area contributed by atoms with Crippen LogP contribution in [0.2, 0.25) is 0 Å². The number of nitriles is 1. The fourth-order valence-electron chi connectivity index (χ4n) is 2.66. The molecule has 0 aliphatic carbocycles. The summed E-state index contributed by atoms with van der Waals surface area (Å²) in [7, 11) is 4.39. The maximum absolute atomic E-state index is 9.31. The van der Waals surface area contributed by atoms with Crippen molar-refractivity contribution < 1.29 is 0 Å². The van der Waals surface area contributed by atoms with Crippen LogP contribution in [0, 0.1) is 11.3 Å². The lowest BCUT2D eigenvalue weighted by Gasteiger charge is -2.29. The van der Waals surface area contributed by atoms with E-state index in [0.29, 0.717) is 6.04 Å². The first-order chi connectivity index (χ1) is 9.00. The Morgan fingerprint density at radius 2 is 2.26 bits per heavy atom. The second-order valence-electron chi connectivity index (χ2n) is 6.16. The molecule has 110 valence electrons. The lowest BCUT2D eigenvalue weighted by atomic mass is 9.99. The Bertz CT molecular complexity index is 299. The summed E-state index contributed by atoms with van der Waals surface area (Å²) >= 11 is 0. The van der Waals surface area contributed by atoms with Crippen LogP contribution in [0.5, 0.6) is 0 Å². The highest BCUT2D eigenvalue weighted by Crippen LogP contribution is 2.16. The van der Waals surface area contributed by atoms with Crippen molar-refractivity contribution in [3.63, 3.8) is 0 Å². The summed E-state index contributed by atoms with van der Waals surface area (Å²) in [6.07, 6.45) is 4.59. The number of nitrogens with one attached hydrogen (secondary N) is 1. The van der Waals surface area contributed by atoms with Crippen LogP contribution in [0.15, 0.2) is 0 Å². The highest BCUT2D eigenvalue weighted by atomic mass is 15.2. The molecule has 0 saturated carbocycles. The quantitative estimate of drug-likeness (QED) is 0.726. The monoisotopic (exact) mass is 266 g/mol. The van der Waals surface area contributed by atoms with E-state index >= 15 is 0 Å². The zero-order valence-corrected chi connectivity index (χ0v) is 13.1. The number of rotatable bonds is 8. The Morgan fingerprint density at radius 3 is 2.79 bits per heavy atom. The van der Waals surface area contributed by atoms with Crippen LogP contribution in [0.25, 0.3) is 0 Å². The minimum atomic E-state index is -0.383. The molecule has 4 heteroatoms. The molecule has 1 N–H and O–H groups in total. The van der Waals surface area contributed by atoms with Crippen LogP contribution in [0.3, 0.4) is 0 Å². The molecule has 4 nitrogen and oxygen atoms in total. The lowest BCUT2D eigenvalue weighted by molar-refractivity contribution is 0.208. The maximum atomic E-state index is 9.31. The molecule has 1 fully saturated rings. The average Bonchev–Trinajstić information content (AvgIpc) is 2.80. The van der Waals surface area contributed by atoms with E-state index in [1.54, 1.807) is 0 Å². The van der Waals surface area contributed by atoms with Gasteiger partial charge in [-0.05, 0) is 59.8 Å². The molecule has 1 aliphatic heterocycles. The predicted molar refractivity (Wildman–Crippen MR) is 80.1 cm³/mol. The first kappa shape index (κ1) is 16.4. The summed E-state index contributed by atoms with van der Waals surface area (Å²) in [4.78, 5) is 4.82. The lowest BCUT2D eigenvalue weighted by Crippen LogP contribution is -2.45. The third-order valence-corrected chi connectivity index (χ3v) is 4.20. The second-order valence-corrected chi connectivity index (χ2v) is 6.16. The van der Waals surface area contributed by atoms with E-state index < -0.39 is 0 Å². The van der Waals surface area contributed by atoms with Gasteiger partial charge >= 0.3 is 0 Å². The molecule has 0 spiro atoms. The van der Waals surface area contributed by atoms with Crippen molar-refractivity contribution in [2.45, 2.75) is 51.1 Å². The van der Waals surface area contributed by atoms with E-state index in [0.717, 1.165) is 32.5 Å². The summed E-state index contributed by atoms with van der Waals surface area (Å²) in [6, 6.07) is 3.12. The van der Waals surface area contributed by atoms with Gasteiger partial charge in [-0.3, -0.25) is 5.32 Å². The Kier molecular flexibility index (Phi) is 6.78. The van der Waals surface area contributed by atoms with Gasteiger partial charge in [-0.25, -0.2) is 0 Å². The van der Waals surface area contributed by atoms with Crippen molar-refractivity contribution in [1.29, 1.82) is 5.26 Å². The zero-order valence-electron chi connectivity index (χ0n) is 13.1. The molecule has 1 heterocycles. The van der Waals surface area contributed by atoms with Gasteiger partial charge in [0.25, 0.3) is 0 Å². The number of hydrogen-bond donors (Lipinski definition) is 1. The highest BCUT2D eigenvalue weighted by Gasteiger charge is 2.25. The van der Waals surface area contributed by atoms with Gasteiger partial charge in [0.15, 0.2) is 0 Å². The van der Waals surface area contributed by atoms with Crippen molar-refractivity contribution in [3.05, 3.63) is 0 Å². The average molecular weight is 266 g/mol. The van der Waals surface area contributed by atoms with Gasteiger partial charge in [0.05, 0.1) is 6.07 Å². The van der Waals surface area contributed by atoms with Crippen LogP contribution in [-0.2, 0) is 0 Å².